The number of methoxy groups -OCH3 is 1. The van der Waals surface area contributed by atoms with Crippen molar-refractivity contribution in [3.05, 3.63) is 95.1 Å². The second-order valence-corrected chi connectivity index (χ2v) is 9.79. The second kappa shape index (κ2) is 10.1. The maximum atomic E-state index is 12.8. The maximum absolute atomic E-state index is 12.8. The van der Waals surface area contributed by atoms with E-state index in [1.165, 1.54) is 37.5 Å². The quantitative estimate of drug-likeness (QED) is 0.225. The number of ether oxygens (including phenoxy) is 1. The van der Waals surface area contributed by atoms with E-state index in [0.717, 1.165) is 9.69 Å². The van der Waals surface area contributed by atoms with Gasteiger partial charge >= 0.3 is 0 Å². The predicted molar refractivity (Wildman–Crippen MR) is 137 cm³/mol. The van der Waals surface area contributed by atoms with Crippen LogP contribution in [-0.4, -0.2) is 39.7 Å². The molecule has 0 spiro atoms. The van der Waals surface area contributed by atoms with Crippen molar-refractivity contribution in [2.75, 3.05) is 18.5 Å². The lowest BCUT2D eigenvalue weighted by Gasteiger charge is -2.19. The molecule has 0 bridgehead atoms. The number of amides is 1. The van der Waals surface area contributed by atoms with E-state index < -0.39 is 15.9 Å². The number of anilines is 1. The lowest BCUT2D eigenvalue weighted by atomic mass is 10.1. The van der Waals surface area contributed by atoms with Crippen LogP contribution in [0.5, 0.6) is 5.75 Å². The largest absolute Gasteiger partial charge is 0.497 e. The molecule has 35 heavy (non-hydrogen) atoms. The van der Waals surface area contributed by atoms with E-state index in [1.807, 2.05) is 12.1 Å². The van der Waals surface area contributed by atoms with Gasteiger partial charge in [0.2, 0.25) is 0 Å². The number of carbonyl (C=O) groups is 1. The van der Waals surface area contributed by atoms with Crippen molar-refractivity contribution in [1.29, 1.82) is 0 Å². The number of carbonyl (C=O) groups excluding carboxylic acids is 1. The van der Waals surface area contributed by atoms with E-state index >= 15 is 0 Å². The fourth-order valence-corrected chi connectivity index (χ4v) is 4.71. The number of hydrogen-bond donors (Lipinski definition) is 1. The van der Waals surface area contributed by atoms with Gasteiger partial charge in [0.05, 0.1) is 29.4 Å². The van der Waals surface area contributed by atoms with Crippen LogP contribution < -0.4 is 14.5 Å². The average Bonchev–Trinajstić information content (AvgIpc) is 2.88. The zero-order valence-corrected chi connectivity index (χ0v) is 20.4. The monoisotopic (exact) mass is 508 g/mol. The highest BCUT2D eigenvalue weighted by Gasteiger charge is 2.21. The van der Waals surface area contributed by atoms with Crippen LogP contribution in [0.1, 0.15) is 15.9 Å². The van der Waals surface area contributed by atoms with Crippen LogP contribution in [0, 0.1) is 0 Å². The highest BCUT2D eigenvalue weighted by Crippen LogP contribution is 2.24. The number of sulfonamides is 1. The summed E-state index contributed by atoms with van der Waals surface area (Å²) in [5, 5.41) is 5.05. The Hall–Kier alpha value is -3.95. The van der Waals surface area contributed by atoms with E-state index in [2.05, 4.69) is 15.5 Å². The smallest absolute Gasteiger partial charge is 0.271 e. The summed E-state index contributed by atoms with van der Waals surface area (Å²) >= 11 is 6.25. The number of hydrogen-bond acceptors (Lipinski definition) is 6. The van der Waals surface area contributed by atoms with Gasteiger partial charge in [-0.15, -0.1) is 0 Å². The van der Waals surface area contributed by atoms with Crippen molar-refractivity contribution in [3.8, 4) is 5.75 Å². The van der Waals surface area contributed by atoms with Gasteiger partial charge in [-0.3, -0.25) is 9.10 Å². The van der Waals surface area contributed by atoms with Crippen LogP contribution in [0.15, 0.2) is 88.9 Å². The summed E-state index contributed by atoms with van der Waals surface area (Å²) in [5.41, 5.74) is 4.38. The number of rotatable bonds is 7. The summed E-state index contributed by atoms with van der Waals surface area (Å²) in [6.07, 6.45) is 1.41. The van der Waals surface area contributed by atoms with Gasteiger partial charge in [-0.2, -0.15) is 5.10 Å². The molecular formula is C25H21ClN4O4S. The first-order valence-corrected chi connectivity index (χ1v) is 12.2. The van der Waals surface area contributed by atoms with Gasteiger partial charge in [-0.1, -0.05) is 29.8 Å². The Labute approximate surface area is 207 Å². The first-order chi connectivity index (χ1) is 16.8. The molecule has 1 amide bonds. The first kappa shape index (κ1) is 24.2. The minimum Gasteiger partial charge on any atom is -0.497 e. The molecule has 0 aliphatic carbocycles. The molecule has 178 valence electrons. The zero-order chi connectivity index (χ0) is 25.0. The topological polar surface area (TPSA) is 101 Å². The van der Waals surface area contributed by atoms with Crippen LogP contribution in [0.4, 0.5) is 5.69 Å². The molecule has 0 unspecified atom stereocenters. The van der Waals surface area contributed by atoms with Crippen LogP contribution in [0.25, 0.3) is 10.9 Å². The summed E-state index contributed by atoms with van der Waals surface area (Å²) in [4.78, 5) is 17.0. The number of nitrogens with one attached hydrogen (secondary N) is 1. The summed E-state index contributed by atoms with van der Waals surface area (Å²) in [6.45, 7) is 0. The van der Waals surface area contributed by atoms with Gasteiger partial charge in [0, 0.05) is 29.6 Å². The van der Waals surface area contributed by atoms with Crippen molar-refractivity contribution in [1.82, 2.24) is 10.4 Å². The maximum Gasteiger partial charge on any atom is 0.271 e. The Balaban J connectivity index is 1.45. The van der Waals surface area contributed by atoms with Crippen LogP contribution >= 0.6 is 11.6 Å². The van der Waals surface area contributed by atoms with Gasteiger partial charge in [0.25, 0.3) is 15.9 Å². The molecule has 1 aromatic heterocycles. The number of aromatic nitrogens is 1. The van der Waals surface area contributed by atoms with E-state index in [9.17, 15) is 13.2 Å². The standard InChI is InChI=1S/C25H21ClN4O4S/c1-30(35(32,33)22-6-4-3-5-7-22)20-11-8-17(9-12-20)25(31)29-27-16-19-14-18-10-13-21(34-2)15-23(18)28-24(19)26/h3-16H,1-2H3,(H,29,31). The molecule has 0 saturated heterocycles. The average molecular weight is 509 g/mol. The molecule has 0 aliphatic heterocycles. The molecule has 0 fully saturated rings. The highest BCUT2D eigenvalue weighted by molar-refractivity contribution is 7.92. The van der Waals surface area contributed by atoms with Crippen molar-refractivity contribution in [2.24, 2.45) is 5.10 Å². The molecular weight excluding hydrogens is 488 g/mol. The number of halogens is 1. The van der Waals surface area contributed by atoms with E-state index in [0.29, 0.717) is 28.1 Å². The third-order valence-corrected chi connectivity index (χ3v) is 7.37. The fraction of sp³-hybridized carbons (Fsp3) is 0.0800. The molecule has 10 heteroatoms. The number of fused-ring (bicyclic) bond motifs is 1. The number of benzene rings is 3. The van der Waals surface area contributed by atoms with Gasteiger partial charge in [-0.05, 0) is 54.6 Å². The van der Waals surface area contributed by atoms with Crippen LogP contribution in [0.2, 0.25) is 5.15 Å². The SMILES string of the molecule is COc1ccc2cc(C=NNC(=O)c3ccc(N(C)S(=O)(=O)c4ccccc4)cc3)c(Cl)nc2c1. The first-order valence-electron chi connectivity index (χ1n) is 10.4. The van der Waals surface area contributed by atoms with E-state index in [1.54, 1.807) is 49.6 Å². The summed E-state index contributed by atoms with van der Waals surface area (Å²) in [7, 11) is -0.678. The number of pyridine rings is 1. The Kier molecular flexibility index (Phi) is 6.99. The normalized spacial score (nSPS) is 11.5. The lowest BCUT2D eigenvalue weighted by molar-refractivity contribution is 0.0955. The summed E-state index contributed by atoms with van der Waals surface area (Å²) in [5.74, 6) is 0.209. The van der Waals surface area contributed by atoms with Crippen molar-refractivity contribution >= 4 is 50.3 Å². The number of nitrogens with zero attached hydrogens (tertiary/aromatic N) is 3. The summed E-state index contributed by atoms with van der Waals surface area (Å²) in [6, 6.07) is 21.5. The highest BCUT2D eigenvalue weighted by atomic mass is 35.5. The molecule has 1 N–H and O–H groups in total. The molecule has 0 radical (unpaired) electrons. The Morgan fingerprint density at radius 3 is 2.46 bits per heavy atom. The molecule has 4 aromatic rings. The van der Waals surface area contributed by atoms with Crippen LogP contribution in [0.3, 0.4) is 0 Å². The minimum absolute atomic E-state index is 0.180. The molecule has 1 heterocycles. The number of hydrazone groups is 1. The lowest BCUT2D eigenvalue weighted by Crippen LogP contribution is -2.26. The zero-order valence-electron chi connectivity index (χ0n) is 18.8. The second-order valence-electron chi connectivity index (χ2n) is 7.46. The molecule has 8 nitrogen and oxygen atoms in total. The third-order valence-electron chi connectivity index (χ3n) is 5.27. The van der Waals surface area contributed by atoms with E-state index in [-0.39, 0.29) is 10.0 Å². The Bertz CT molecular complexity index is 1510. The van der Waals surface area contributed by atoms with Gasteiger partial charge < -0.3 is 4.74 Å². The predicted octanol–water partition coefficient (Wildman–Crippen LogP) is 4.49. The van der Waals surface area contributed by atoms with E-state index in [4.69, 9.17) is 16.3 Å². The van der Waals surface area contributed by atoms with Gasteiger partial charge in [-0.25, -0.2) is 18.8 Å². The molecule has 0 atom stereocenters. The minimum atomic E-state index is -3.71. The molecule has 4 rings (SSSR count). The van der Waals surface area contributed by atoms with Crippen molar-refractivity contribution in [3.63, 3.8) is 0 Å². The van der Waals surface area contributed by atoms with Crippen molar-refractivity contribution < 1.29 is 17.9 Å². The Morgan fingerprint density at radius 2 is 1.77 bits per heavy atom. The Morgan fingerprint density at radius 1 is 1.06 bits per heavy atom. The fourth-order valence-electron chi connectivity index (χ4n) is 3.29. The third kappa shape index (κ3) is 5.26. The molecule has 0 saturated carbocycles. The summed E-state index contributed by atoms with van der Waals surface area (Å²) < 4.78 is 31.9. The van der Waals surface area contributed by atoms with Gasteiger partial charge in [0.15, 0.2) is 0 Å². The van der Waals surface area contributed by atoms with Crippen LogP contribution in [-0.2, 0) is 10.0 Å². The molecule has 3 aromatic carbocycles. The molecule has 0 aliphatic rings. The van der Waals surface area contributed by atoms with Crippen molar-refractivity contribution in [2.45, 2.75) is 4.90 Å². The van der Waals surface area contributed by atoms with Gasteiger partial charge in [0.1, 0.15) is 10.9 Å².